The molecule has 0 saturated heterocycles. The SMILES string of the molecule is CCC(O)/C=C(\C)[C@H](O)[C@H](C)/C=C/C=C/CC[C@@H](O)CC1=C(C)C(=O)C(O)(C(C)O)O1. The van der Waals surface area contributed by atoms with Crippen molar-refractivity contribution in [1.29, 1.82) is 0 Å². The van der Waals surface area contributed by atoms with Gasteiger partial charge in [0.25, 0.3) is 5.79 Å². The van der Waals surface area contributed by atoms with Crippen molar-refractivity contribution < 1.29 is 35.1 Å². The zero-order chi connectivity index (χ0) is 23.8. The Morgan fingerprint density at radius 3 is 2.35 bits per heavy atom. The summed E-state index contributed by atoms with van der Waals surface area (Å²) in [5.41, 5.74) is 0.947. The lowest BCUT2D eigenvalue weighted by Gasteiger charge is -2.25. The summed E-state index contributed by atoms with van der Waals surface area (Å²) >= 11 is 0. The Morgan fingerprint density at radius 1 is 1.16 bits per heavy atom. The first-order chi connectivity index (χ1) is 14.4. The second-order valence-electron chi connectivity index (χ2n) is 8.29. The molecule has 176 valence electrons. The third-order valence-electron chi connectivity index (χ3n) is 5.52. The summed E-state index contributed by atoms with van der Waals surface area (Å²) in [6.07, 6.45) is 7.44. The van der Waals surface area contributed by atoms with E-state index in [0.29, 0.717) is 19.3 Å². The Kier molecular flexibility index (Phi) is 10.8. The summed E-state index contributed by atoms with van der Waals surface area (Å²) < 4.78 is 5.25. The van der Waals surface area contributed by atoms with Crippen LogP contribution in [-0.4, -0.2) is 61.5 Å². The molecule has 0 radical (unpaired) electrons. The fourth-order valence-electron chi connectivity index (χ4n) is 3.23. The molecule has 0 amide bonds. The molecule has 5 N–H and O–H groups in total. The molecule has 3 unspecified atom stereocenters. The van der Waals surface area contributed by atoms with Gasteiger partial charge < -0.3 is 30.3 Å². The fourth-order valence-corrected chi connectivity index (χ4v) is 3.23. The lowest BCUT2D eigenvalue weighted by atomic mass is 9.96. The Labute approximate surface area is 185 Å². The highest BCUT2D eigenvalue weighted by Crippen LogP contribution is 2.34. The molecule has 0 saturated carbocycles. The third-order valence-corrected chi connectivity index (χ3v) is 5.52. The van der Waals surface area contributed by atoms with Gasteiger partial charge in [0.1, 0.15) is 11.9 Å². The number of ether oxygens (including phenoxy) is 1. The Bertz CT molecular complexity index is 719. The largest absolute Gasteiger partial charge is 0.456 e. The number of ketones is 1. The number of aliphatic hydroxyl groups is 5. The summed E-state index contributed by atoms with van der Waals surface area (Å²) in [5, 5.41) is 49.9. The van der Waals surface area contributed by atoms with Crippen molar-refractivity contribution >= 4 is 5.78 Å². The predicted molar refractivity (Wildman–Crippen MR) is 119 cm³/mol. The molecule has 7 nitrogen and oxygen atoms in total. The van der Waals surface area contributed by atoms with Gasteiger partial charge in [0.15, 0.2) is 0 Å². The van der Waals surface area contributed by atoms with Gasteiger partial charge in [-0.25, -0.2) is 0 Å². The van der Waals surface area contributed by atoms with Gasteiger partial charge in [-0.05, 0) is 45.6 Å². The van der Waals surface area contributed by atoms with E-state index >= 15 is 0 Å². The summed E-state index contributed by atoms with van der Waals surface area (Å²) in [5.74, 6) is -2.87. The standard InChI is InChI=1S/C24H38O7/c1-6-19(26)13-16(3)22(28)15(2)11-9-7-8-10-12-20(27)14-21-17(4)23(29)24(30,31-21)18(5)25/h7-9,11,13,15,18-20,22,25-28,30H,6,10,12,14H2,1-5H3/b8-7+,11-9+,16-13+/t15-,18?,19?,20-,22-,24?/m1/s1. The molecule has 31 heavy (non-hydrogen) atoms. The van der Waals surface area contributed by atoms with Gasteiger partial charge in [0.2, 0.25) is 5.78 Å². The van der Waals surface area contributed by atoms with Gasteiger partial charge in [-0.15, -0.1) is 0 Å². The van der Waals surface area contributed by atoms with Crippen molar-refractivity contribution in [1.82, 2.24) is 0 Å². The van der Waals surface area contributed by atoms with Gasteiger partial charge in [-0.3, -0.25) is 4.79 Å². The minimum absolute atomic E-state index is 0.0781. The zero-order valence-electron chi connectivity index (χ0n) is 19.2. The number of Topliss-reactive ketones (excluding diaryl/α,β-unsaturated/α-hetero) is 1. The highest BCUT2D eigenvalue weighted by Gasteiger charge is 2.50. The maximum Gasteiger partial charge on any atom is 0.298 e. The number of allylic oxidation sites excluding steroid dienone is 3. The molecule has 1 heterocycles. The Hall–Kier alpha value is -1.77. The van der Waals surface area contributed by atoms with Crippen molar-refractivity contribution in [3.63, 3.8) is 0 Å². The fraction of sp³-hybridized carbons (Fsp3) is 0.625. The van der Waals surface area contributed by atoms with Crippen LogP contribution in [0.15, 0.2) is 47.3 Å². The minimum Gasteiger partial charge on any atom is -0.456 e. The maximum atomic E-state index is 12.1. The van der Waals surface area contributed by atoms with Gasteiger partial charge in [0, 0.05) is 17.9 Å². The summed E-state index contributed by atoms with van der Waals surface area (Å²) in [4.78, 5) is 12.1. The molecule has 0 spiro atoms. The zero-order valence-corrected chi connectivity index (χ0v) is 19.2. The van der Waals surface area contributed by atoms with Gasteiger partial charge >= 0.3 is 0 Å². The summed E-state index contributed by atoms with van der Waals surface area (Å²) in [6.45, 7) is 8.34. The molecular weight excluding hydrogens is 400 g/mol. The molecule has 0 bridgehead atoms. The topological polar surface area (TPSA) is 127 Å². The van der Waals surface area contributed by atoms with Crippen molar-refractivity contribution in [2.75, 3.05) is 0 Å². The highest BCUT2D eigenvalue weighted by atomic mass is 16.6. The van der Waals surface area contributed by atoms with Gasteiger partial charge in [0.05, 0.1) is 18.3 Å². The number of hydrogen-bond donors (Lipinski definition) is 5. The molecular formula is C24H38O7. The van der Waals surface area contributed by atoms with E-state index in [-0.39, 0.29) is 23.7 Å². The monoisotopic (exact) mass is 438 g/mol. The van der Waals surface area contributed by atoms with E-state index in [1.54, 1.807) is 13.0 Å². The third kappa shape index (κ3) is 7.70. The Balaban J connectivity index is 2.46. The van der Waals surface area contributed by atoms with E-state index in [1.165, 1.54) is 13.8 Å². The lowest BCUT2D eigenvalue weighted by molar-refractivity contribution is -0.213. The first kappa shape index (κ1) is 27.3. The molecule has 0 aromatic rings. The average Bonchev–Trinajstić information content (AvgIpc) is 2.94. The van der Waals surface area contributed by atoms with Crippen LogP contribution < -0.4 is 0 Å². The molecule has 1 aliphatic heterocycles. The predicted octanol–water partition coefficient (Wildman–Crippen LogP) is 2.29. The van der Waals surface area contributed by atoms with Crippen LogP contribution in [0.2, 0.25) is 0 Å². The quantitative estimate of drug-likeness (QED) is 0.234. The van der Waals surface area contributed by atoms with Crippen molar-refractivity contribution in [3.05, 3.63) is 47.3 Å². The molecule has 1 aliphatic rings. The minimum atomic E-state index is -2.27. The van der Waals surface area contributed by atoms with E-state index in [0.717, 1.165) is 5.57 Å². The Morgan fingerprint density at radius 2 is 1.81 bits per heavy atom. The van der Waals surface area contributed by atoms with Crippen LogP contribution in [0.3, 0.4) is 0 Å². The van der Waals surface area contributed by atoms with E-state index in [4.69, 9.17) is 4.74 Å². The van der Waals surface area contributed by atoms with Crippen LogP contribution in [-0.2, 0) is 9.53 Å². The molecule has 0 aromatic heterocycles. The van der Waals surface area contributed by atoms with Crippen molar-refractivity contribution in [2.45, 2.75) is 90.5 Å². The van der Waals surface area contributed by atoms with Gasteiger partial charge in [-0.2, -0.15) is 0 Å². The van der Waals surface area contributed by atoms with Gasteiger partial charge in [-0.1, -0.05) is 44.2 Å². The van der Waals surface area contributed by atoms with Crippen molar-refractivity contribution in [2.24, 2.45) is 5.92 Å². The number of carbonyl (C=O) groups is 1. The van der Waals surface area contributed by atoms with Crippen LogP contribution in [0, 0.1) is 5.92 Å². The number of carbonyl (C=O) groups excluding carboxylic acids is 1. The maximum absolute atomic E-state index is 12.1. The summed E-state index contributed by atoms with van der Waals surface area (Å²) in [6, 6.07) is 0. The van der Waals surface area contributed by atoms with Crippen LogP contribution in [0.1, 0.15) is 60.3 Å². The molecule has 0 fully saturated rings. The van der Waals surface area contributed by atoms with E-state index in [1.807, 2.05) is 38.2 Å². The van der Waals surface area contributed by atoms with E-state index < -0.39 is 36.0 Å². The van der Waals surface area contributed by atoms with Crippen LogP contribution in [0.4, 0.5) is 0 Å². The number of aliphatic hydroxyl groups excluding tert-OH is 4. The van der Waals surface area contributed by atoms with Crippen LogP contribution in [0.25, 0.3) is 0 Å². The molecule has 1 rings (SSSR count). The summed E-state index contributed by atoms with van der Waals surface area (Å²) in [7, 11) is 0. The second kappa shape index (κ2) is 12.3. The second-order valence-corrected chi connectivity index (χ2v) is 8.29. The normalized spacial score (nSPS) is 25.2. The molecule has 6 atom stereocenters. The molecule has 0 aromatic carbocycles. The van der Waals surface area contributed by atoms with Crippen molar-refractivity contribution in [3.8, 4) is 0 Å². The molecule has 7 heteroatoms. The van der Waals surface area contributed by atoms with E-state index in [9.17, 15) is 30.3 Å². The first-order valence-electron chi connectivity index (χ1n) is 10.8. The molecule has 0 aliphatic carbocycles. The lowest BCUT2D eigenvalue weighted by Crippen LogP contribution is -2.47. The van der Waals surface area contributed by atoms with Crippen LogP contribution >= 0.6 is 0 Å². The van der Waals surface area contributed by atoms with E-state index in [2.05, 4.69) is 0 Å². The average molecular weight is 439 g/mol. The smallest absolute Gasteiger partial charge is 0.298 e. The highest BCUT2D eigenvalue weighted by molar-refractivity contribution is 6.03. The first-order valence-corrected chi connectivity index (χ1v) is 10.8. The van der Waals surface area contributed by atoms with Crippen LogP contribution in [0.5, 0.6) is 0 Å². The number of hydrogen-bond acceptors (Lipinski definition) is 7. The number of rotatable bonds is 12.